The second kappa shape index (κ2) is 5.53. The molecule has 2 unspecified atom stereocenters. The molecule has 0 radical (unpaired) electrons. The highest BCUT2D eigenvalue weighted by molar-refractivity contribution is 5.97. The van der Waals surface area contributed by atoms with Gasteiger partial charge in [-0.15, -0.1) is 0 Å². The molecule has 0 aromatic heterocycles. The number of amides is 1. The highest BCUT2D eigenvalue weighted by Crippen LogP contribution is 2.16. The van der Waals surface area contributed by atoms with Gasteiger partial charge in [0.1, 0.15) is 0 Å². The fourth-order valence-corrected chi connectivity index (χ4v) is 2.60. The molecule has 1 amide bonds. The van der Waals surface area contributed by atoms with Crippen LogP contribution in [0.15, 0.2) is 18.2 Å². The van der Waals surface area contributed by atoms with Crippen LogP contribution in [0.3, 0.4) is 0 Å². The summed E-state index contributed by atoms with van der Waals surface area (Å²) < 4.78 is 0. The van der Waals surface area contributed by atoms with Crippen LogP contribution in [-0.2, 0) is 0 Å². The smallest absolute Gasteiger partial charge is 0.252 e. The van der Waals surface area contributed by atoms with Crippen molar-refractivity contribution in [2.75, 3.05) is 13.1 Å². The van der Waals surface area contributed by atoms with Crippen molar-refractivity contribution < 1.29 is 4.79 Å². The van der Waals surface area contributed by atoms with Crippen molar-refractivity contribution in [1.82, 2.24) is 10.6 Å². The van der Waals surface area contributed by atoms with E-state index in [1.165, 1.54) is 0 Å². The number of carbonyl (C=O) groups is 1. The van der Waals surface area contributed by atoms with Gasteiger partial charge in [0.2, 0.25) is 0 Å². The number of hydrogen-bond acceptors (Lipinski definition) is 2. The molecule has 1 aromatic rings. The van der Waals surface area contributed by atoms with E-state index >= 15 is 0 Å². The SMILES string of the molecule is Cc1cccc(C)c1C(=O)NC1CNCCC1C. The highest BCUT2D eigenvalue weighted by atomic mass is 16.1. The zero-order valence-electron chi connectivity index (χ0n) is 11.4. The molecule has 1 heterocycles. The Hall–Kier alpha value is -1.35. The number of piperidine rings is 1. The molecule has 1 saturated heterocycles. The Morgan fingerprint density at radius 2 is 2.00 bits per heavy atom. The molecule has 1 aliphatic rings. The summed E-state index contributed by atoms with van der Waals surface area (Å²) in [5, 5.41) is 6.50. The van der Waals surface area contributed by atoms with E-state index in [0.717, 1.165) is 36.2 Å². The number of carbonyl (C=O) groups excluding carboxylic acids is 1. The van der Waals surface area contributed by atoms with Gasteiger partial charge in [0.05, 0.1) is 0 Å². The molecule has 1 aliphatic heterocycles. The monoisotopic (exact) mass is 246 g/mol. The van der Waals surface area contributed by atoms with E-state index in [2.05, 4.69) is 17.6 Å². The number of aryl methyl sites for hydroxylation is 2. The number of benzene rings is 1. The summed E-state index contributed by atoms with van der Waals surface area (Å²) in [4.78, 5) is 12.4. The van der Waals surface area contributed by atoms with E-state index in [1.807, 2.05) is 32.0 Å². The quantitative estimate of drug-likeness (QED) is 0.838. The molecule has 18 heavy (non-hydrogen) atoms. The van der Waals surface area contributed by atoms with Gasteiger partial charge in [0.15, 0.2) is 0 Å². The summed E-state index contributed by atoms with van der Waals surface area (Å²) >= 11 is 0. The lowest BCUT2D eigenvalue weighted by atomic mass is 9.94. The third-order valence-corrected chi connectivity index (χ3v) is 3.85. The Kier molecular flexibility index (Phi) is 4.02. The molecule has 3 nitrogen and oxygen atoms in total. The Morgan fingerprint density at radius 3 is 2.61 bits per heavy atom. The van der Waals surface area contributed by atoms with E-state index in [1.54, 1.807) is 0 Å². The lowest BCUT2D eigenvalue weighted by Crippen LogP contribution is -2.50. The van der Waals surface area contributed by atoms with Gasteiger partial charge in [-0.1, -0.05) is 25.1 Å². The number of rotatable bonds is 2. The van der Waals surface area contributed by atoms with Gasteiger partial charge < -0.3 is 10.6 Å². The van der Waals surface area contributed by atoms with Crippen LogP contribution >= 0.6 is 0 Å². The summed E-state index contributed by atoms with van der Waals surface area (Å²) in [6.45, 7) is 8.11. The largest absolute Gasteiger partial charge is 0.348 e. The highest BCUT2D eigenvalue weighted by Gasteiger charge is 2.24. The van der Waals surface area contributed by atoms with Gasteiger partial charge in [-0.05, 0) is 43.9 Å². The van der Waals surface area contributed by atoms with Gasteiger partial charge in [0.25, 0.3) is 5.91 Å². The van der Waals surface area contributed by atoms with Gasteiger partial charge in [-0.2, -0.15) is 0 Å². The molecule has 2 N–H and O–H groups in total. The minimum atomic E-state index is 0.0612. The molecule has 2 atom stereocenters. The zero-order valence-corrected chi connectivity index (χ0v) is 11.4. The van der Waals surface area contributed by atoms with Crippen molar-refractivity contribution in [3.8, 4) is 0 Å². The first kappa shape index (κ1) is 13.1. The van der Waals surface area contributed by atoms with Crippen LogP contribution in [0.25, 0.3) is 0 Å². The third-order valence-electron chi connectivity index (χ3n) is 3.85. The fraction of sp³-hybridized carbons (Fsp3) is 0.533. The molecule has 0 saturated carbocycles. The molecule has 1 fully saturated rings. The van der Waals surface area contributed by atoms with Crippen LogP contribution in [0, 0.1) is 19.8 Å². The topological polar surface area (TPSA) is 41.1 Å². The first-order chi connectivity index (χ1) is 8.59. The predicted molar refractivity (Wildman–Crippen MR) is 73.8 cm³/mol. The summed E-state index contributed by atoms with van der Waals surface area (Å²) in [5.41, 5.74) is 2.92. The van der Waals surface area contributed by atoms with E-state index in [0.29, 0.717) is 5.92 Å². The maximum atomic E-state index is 12.4. The molecular weight excluding hydrogens is 224 g/mol. The van der Waals surface area contributed by atoms with E-state index < -0.39 is 0 Å². The minimum Gasteiger partial charge on any atom is -0.348 e. The Balaban J connectivity index is 2.12. The van der Waals surface area contributed by atoms with Crippen LogP contribution in [0.4, 0.5) is 0 Å². The Bertz CT molecular complexity index is 422. The van der Waals surface area contributed by atoms with Gasteiger partial charge >= 0.3 is 0 Å². The molecule has 3 heteroatoms. The van der Waals surface area contributed by atoms with Gasteiger partial charge in [-0.25, -0.2) is 0 Å². The minimum absolute atomic E-state index is 0.0612. The lowest BCUT2D eigenvalue weighted by molar-refractivity contribution is 0.0914. The van der Waals surface area contributed by atoms with Gasteiger partial charge in [-0.3, -0.25) is 4.79 Å². The standard InChI is InChI=1S/C15H22N2O/c1-10-7-8-16-9-13(10)17-15(18)14-11(2)5-4-6-12(14)3/h4-6,10,13,16H,7-9H2,1-3H3,(H,17,18). The first-order valence-corrected chi connectivity index (χ1v) is 6.67. The molecule has 0 spiro atoms. The summed E-state index contributed by atoms with van der Waals surface area (Å²) in [5.74, 6) is 0.602. The van der Waals surface area contributed by atoms with E-state index in [-0.39, 0.29) is 11.9 Å². The normalized spacial score (nSPS) is 23.7. The maximum absolute atomic E-state index is 12.4. The van der Waals surface area contributed by atoms with Crippen LogP contribution in [0.1, 0.15) is 34.8 Å². The van der Waals surface area contributed by atoms with Gasteiger partial charge in [0, 0.05) is 18.2 Å². The van der Waals surface area contributed by atoms with Crippen LogP contribution in [0.2, 0.25) is 0 Å². The molecule has 98 valence electrons. The van der Waals surface area contributed by atoms with Crippen molar-refractivity contribution in [3.05, 3.63) is 34.9 Å². The molecule has 0 aliphatic carbocycles. The summed E-state index contributed by atoms with van der Waals surface area (Å²) in [6, 6.07) is 6.21. The summed E-state index contributed by atoms with van der Waals surface area (Å²) in [7, 11) is 0. The summed E-state index contributed by atoms with van der Waals surface area (Å²) in [6.07, 6.45) is 1.12. The second-order valence-corrected chi connectivity index (χ2v) is 5.32. The van der Waals surface area contributed by atoms with E-state index in [9.17, 15) is 4.79 Å². The molecular formula is C15H22N2O. The van der Waals surface area contributed by atoms with Crippen molar-refractivity contribution in [3.63, 3.8) is 0 Å². The third kappa shape index (κ3) is 2.72. The number of nitrogens with one attached hydrogen (secondary N) is 2. The number of hydrogen-bond donors (Lipinski definition) is 2. The lowest BCUT2D eigenvalue weighted by Gasteiger charge is -2.30. The van der Waals surface area contributed by atoms with Crippen molar-refractivity contribution in [1.29, 1.82) is 0 Å². The second-order valence-electron chi connectivity index (χ2n) is 5.32. The Morgan fingerprint density at radius 1 is 1.33 bits per heavy atom. The average Bonchev–Trinajstić information content (AvgIpc) is 2.32. The fourth-order valence-electron chi connectivity index (χ4n) is 2.60. The van der Waals surface area contributed by atoms with E-state index in [4.69, 9.17) is 0 Å². The predicted octanol–water partition coefficient (Wildman–Crippen LogP) is 2.03. The van der Waals surface area contributed by atoms with Crippen LogP contribution in [0.5, 0.6) is 0 Å². The van der Waals surface area contributed by atoms with Crippen LogP contribution in [-0.4, -0.2) is 25.0 Å². The maximum Gasteiger partial charge on any atom is 0.252 e. The van der Waals surface area contributed by atoms with Crippen molar-refractivity contribution in [2.24, 2.45) is 5.92 Å². The zero-order chi connectivity index (χ0) is 13.1. The van der Waals surface area contributed by atoms with Crippen LogP contribution < -0.4 is 10.6 Å². The first-order valence-electron chi connectivity index (χ1n) is 6.67. The molecule has 2 rings (SSSR count). The molecule has 1 aromatic carbocycles. The van der Waals surface area contributed by atoms with Crippen molar-refractivity contribution >= 4 is 5.91 Å². The van der Waals surface area contributed by atoms with Crippen molar-refractivity contribution in [2.45, 2.75) is 33.2 Å². The molecule has 0 bridgehead atoms. The Labute approximate surface area is 109 Å². The average molecular weight is 246 g/mol.